The fourth-order valence-electron chi connectivity index (χ4n) is 4.03. The number of benzene rings is 1. The summed E-state index contributed by atoms with van der Waals surface area (Å²) in [6, 6.07) is 10.8. The average Bonchev–Trinajstić information content (AvgIpc) is 3.26. The maximum absolute atomic E-state index is 12.1. The van der Waals surface area contributed by atoms with E-state index in [1.807, 2.05) is 13.1 Å². The summed E-state index contributed by atoms with van der Waals surface area (Å²) >= 11 is 0. The van der Waals surface area contributed by atoms with Gasteiger partial charge in [-0.25, -0.2) is 0 Å². The highest BCUT2D eigenvalue weighted by Crippen LogP contribution is 2.17. The Hall–Kier alpha value is -2.34. The molecule has 1 saturated heterocycles. The Balaban J connectivity index is 1.33. The lowest BCUT2D eigenvalue weighted by atomic mass is 10.2. The minimum Gasteiger partial charge on any atom is -0.356 e. The molecule has 3 rings (SSSR count). The monoisotopic (exact) mass is 397 g/mol. The number of amides is 1. The summed E-state index contributed by atoms with van der Waals surface area (Å²) in [5, 5.41) is 6.50. The molecule has 1 aliphatic carbocycles. The van der Waals surface area contributed by atoms with Crippen LogP contribution in [0.25, 0.3) is 6.08 Å². The molecule has 0 aromatic heterocycles. The van der Waals surface area contributed by atoms with E-state index in [0.717, 1.165) is 51.5 Å². The predicted molar refractivity (Wildman–Crippen MR) is 120 cm³/mol. The third kappa shape index (κ3) is 7.20. The normalized spacial score (nSPS) is 19.1. The molecule has 1 aliphatic heterocycles. The first-order valence-electron chi connectivity index (χ1n) is 10.9. The Morgan fingerprint density at radius 3 is 2.55 bits per heavy atom. The maximum atomic E-state index is 12.1. The standard InChI is InChI=1S/C23H35N5O/c1-24-23(25-14-13-22(29)26-21-11-5-6-12-21)28-18-16-27(17-19-28)15-7-10-20-8-3-2-4-9-20/h2-4,7-10,21H,5-6,11-19H2,1H3,(H,24,25)(H,26,29)/b10-7+. The third-order valence-corrected chi connectivity index (χ3v) is 5.71. The lowest BCUT2D eigenvalue weighted by Gasteiger charge is -2.36. The molecule has 0 radical (unpaired) electrons. The highest BCUT2D eigenvalue weighted by Gasteiger charge is 2.19. The molecular formula is C23H35N5O. The van der Waals surface area contributed by atoms with E-state index < -0.39 is 0 Å². The first-order chi connectivity index (χ1) is 14.2. The molecule has 0 spiro atoms. The minimum atomic E-state index is 0.148. The Morgan fingerprint density at radius 2 is 1.86 bits per heavy atom. The van der Waals surface area contributed by atoms with Crippen molar-refractivity contribution in [3.8, 4) is 0 Å². The predicted octanol–water partition coefficient (Wildman–Crippen LogP) is 2.34. The van der Waals surface area contributed by atoms with Crippen LogP contribution in [-0.4, -0.2) is 74.0 Å². The second-order valence-electron chi connectivity index (χ2n) is 7.87. The number of aliphatic imine (C=N–C) groups is 1. The fraction of sp³-hybridized carbons (Fsp3) is 0.565. The van der Waals surface area contributed by atoms with Crippen molar-refractivity contribution >= 4 is 17.9 Å². The quantitative estimate of drug-likeness (QED) is 0.548. The number of guanidine groups is 1. The van der Waals surface area contributed by atoms with E-state index in [9.17, 15) is 4.79 Å². The molecule has 1 saturated carbocycles. The zero-order valence-electron chi connectivity index (χ0n) is 17.6. The van der Waals surface area contributed by atoms with Gasteiger partial charge >= 0.3 is 0 Å². The van der Waals surface area contributed by atoms with E-state index in [4.69, 9.17) is 0 Å². The highest BCUT2D eigenvalue weighted by molar-refractivity contribution is 5.81. The van der Waals surface area contributed by atoms with E-state index >= 15 is 0 Å². The smallest absolute Gasteiger partial charge is 0.221 e. The Morgan fingerprint density at radius 1 is 1.14 bits per heavy atom. The molecule has 6 nitrogen and oxygen atoms in total. The van der Waals surface area contributed by atoms with Gasteiger partial charge in [0, 0.05) is 58.8 Å². The molecule has 158 valence electrons. The molecule has 2 fully saturated rings. The Labute approximate surface area is 175 Å². The second-order valence-corrected chi connectivity index (χ2v) is 7.87. The van der Waals surface area contributed by atoms with Crippen molar-refractivity contribution in [3.63, 3.8) is 0 Å². The van der Waals surface area contributed by atoms with Crippen molar-refractivity contribution in [2.45, 2.75) is 38.1 Å². The molecule has 0 bridgehead atoms. The molecule has 0 atom stereocenters. The first-order valence-corrected chi connectivity index (χ1v) is 10.9. The number of nitrogens with zero attached hydrogens (tertiary/aromatic N) is 3. The number of carbonyl (C=O) groups excluding carboxylic acids is 1. The van der Waals surface area contributed by atoms with Crippen LogP contribution in [0.3, 0.4) is 0 Å². The summed E-state index contributed by atoms with van der Waals surface area (Å²) in [6.45, 7) is 5.53. The van der Waals surface area contributed by atoms with Crippen LogP contribution < -0.4 is 10.6 Å². The van der Waals surface area contributed by atoms with Gasteiger partial charge in [-0.3, -0.25) is 14.7 Å². The molecule has 2 aliphatic rings. The molecule has 1 amide bonds. The second kappa shape index (κ2) is 11.6. The van der Waals surface area contributed by atoms with Crippen LogP contribution in [0.2, 0.25) is 0 Å². The van der Waals surface area contributed by atoms with E-state index in [1.54, 1.807) is 0 Å². The van der Waals surface area contributed by atoms with Gasteiger partial charge in [0.1, 0.15) is 0 Å². The number of hydrogen-bond acceptors (Lipinski definition) is 3. The van der Waals surface area contributed by atoms with Gasteiger partial charge in [0.05, 0.1) is 0 Å². The van der Waals surface area contributed by atoms with Gasteiger partial charge < -0.3 is 15.5 Å². The molecule has 0 unspecified atom stereocenters. The molecule has 2 N–H and O–H groups in total. The summed E-state index contributed by atoms with van der Waals surface area (Å²) < 4.78 is 0. The number of carbonyl (C=O) groups is 1. The number of hydrogen-bond donors (Lipinski definition) is 2. The molecular weight excluding hydrogens is 362 g/mol. The van der Waals surface area contributed by atoms with Crippen molar-refractivity contribution in [1.29, 1.82) is 0 Å². The lowest BCUT2D eigenvalue weighted by molar-refractivity contribution is -0.121. The summed E-state index contributed by atoms with van der Waals surface area (Å²) in [5.74, 6) is 1.05. The first kappa shape index (κ1) is 21.4. The van der Waals surface area contributed by atoms with Crippen LogP contribution in [-0.2, 0) is 4.79 Å². The van der Waals surface area contributed by atoms with Crippen molar-refractivity contribution in [2.75, 3.05) is 46.3 Å². The zero-order chi connectivity index (χ0) is 20.3. The van der Waals surface area contributed by atoms with Crippen LogP contribution in [0.5, 0.6) is 0 Å². The van der Waals surface area contributed by atoms with Crippen LogP contribution in [0.15, 0.2) is 41.4 Å². The van der Waals surface area contributed by atoms with E-state index in [1.165, 1.54) is 18.4 Å². The molecule has 6 heteroatoms. The summed E-state index contributed by atoms with van der Waals surface area (Å²) in [5.41, 5.74) is 1.24. The molecule has 1 aromatic rings. The van der Waals surface area contributed by atoms with Crippen LogP contribution in [0.4, 0.5) is 0 Å². The molecule has 1 heterocycles. The number of nitrogens with one attached hydrogen (secondary N) is 2. The van der Waals surface area contributed by atoms with Gasteiger partial charge in [0.25, 0.3) is 0 Å². The number of rotatable bonds is 7. The third-order valence-electron chi connectivity index (χ3n) is 5.71. The largest absolute Gasteiger partial charge is 0.356 e. The maximum Gasteiger partial charge on any atom is 0.221 e. The van der Waals surface area contributed by atoms with Crippen LogP contribution in [0.1, 0.15) is 37.7 Å². The number of piperazine rings is 1. The van der Waals surface area contributed by atoms with E-state index in [2.05, 4.69) is 61.8 Å². The minimum absolute atomic E-state index is 0.148. The topological polar surface area (TPSA) is 60.0 Å². The summed E-state index contributed by atoms with van der Waals surface area (Å²) in [7, 11) is 1.82. The Bertz CT molecular complexity index is 674. The van der Waals surface area contributed by atoms with Gasteiger partial charge in [-0.05, 0) is 18.4 Å². The van der Waals surface area contributed by atoms with Crippen molar-refractivity contribution in [2.24, 2.45) is 4.99 Å². The SMILES string of the molecule is CN=C(NCCC(=O)NC1CCCC1)N1CCN(C/C=C/c2ccccc2)CC1. The van der Waals surface area contributed by atoms with E-state index in [0.29, 0.717) is 19.0 Å². The fourth-order valence-corrected chi connectivity index (χ4v) is 4.03. The van der Waals surface area contributed by atoms with Gasteiger partial charge in [-0.15, -0.1) is 0 Å². The van der Waals surface area contributed by atoms with Crippen LogP contribution in [0, 0.1) is 0 Å². The van der Waals surface area contributed by atoms with Gasteiger partial charge in [0.2, 0.25) is 5.91 Å². The molecule has 29 heavy (non-hydrogen) atoms. The lowest BCUT2D eigenvalue weighted by Crippen LogP contribution is -2.52. The molecule has 1 aromatic carbocycles. The Kier molecular flexibility index (Phi) is 8.56. The van der Waals surface area contributed by atoms with Gasteiger partial charge in [-0.1, -0.05) is 55.3 Å². The van der Waals surface area contributed by atoms with Gasteiger partial charge in [-0.2, -0.15) is 0 Å². The highest BCUT2D eigenvalue weighted by atomic mass is 16.1. The van der Waals surface area contributed by atoms with Crippen LogP contribution >= 0.6 is 0 Å². The summed E-state index contributed by atoms with van der Waals surface area (Å²) in [6.07, 6.45) is 9.66. The van der Waals surface area contributed by atoms with Crippen molar-refractivity contribution in [1.82, 2.24) is 20.4 Å². The van der Waals surface area contributed by atoms with Crippen molar-refractivity contribution < 1.29 is 4.79 Å². The van der Waals surface area contributed by atoms with E-state index in [-0.39, 0.29) is 5.91 Å². The van der Waals surface area contributed by atoms with Crippen molar-refractivity contribution in [3.05, 3.63) is 42.0 Å². The average molecular weight is 398 g/mol. The van der Waals surface area contributed by atoms with Gasteiger partial charge in [0.15, 0.2) is 5.96 Å². The zero-order valence-corrected chi connectivity index (χ0v) is 17.6. The summed E-state index contributed by atoms with van der Waals surface area (Å²) in [4.78, 5) is 21.2.